The number of benzene rings is 1. The summed E-state index contributed by atoms with van der Waals surface area (Å²) in [5.41, 5.74) is 6.73. The van der Waals surface area contributed by atoms with Gasteiger partial charge in [-0.15, -0.1) is 24.2 Å². The van der Waals surface area contributed by atoms with Crippen LogP contribution in [-0.2, 0) is 11.8 Å². The van der Waals surface area contributed by atoms with Gasteiger partial charge in [-0.25, -0.2) is 4.79 Å². The van der Waals surface area contributed by atoms with Crippen LogP contribution < -0.4 is 15.2 Å². The average molecular weight is 389 g/mol. The van der Waals surface area contributed by atoms with Gasteiger partial charge in [0.25, 0.3) is 0 Å². The number of aryl methyl sites for hydroxylation is 1. The number of nitrogens with zero attached hydrogens (tertiary/aromatic N) is 1. The van der Waals surface area contributed by atoms with Crippen molar-refractivity contribution in [3.05, 3.63) is 23.9 Å². The second-order valence-electron chi connectivity index (χ2n) is 5.24. The number of nitrogens with two attached hydrogens (primary N) is 1. The predicted octanol–water partition coefficient (Wildman–Crippen LogP) is 3.20. The SMILES string of the molecule is COC(=O)c1cc2c(OCCCCSCN)ccc(OC)c2n1C.Cl. The van der Waals surface area contributed by atoms with Gasteiger partial charge in [0.1, 0.15) is 17.2 Å². The van der Waals surface area contributed by atoms with Crippen molar-refractivity contribution in [1.29, 1.82) is 0 Å². The average Bonchev–Trinajstić information content (AvgIpc) is 2.95. The molecule has 0 aliphatic rings. The zero-order chi connectivity index (χ0) is 17.5. The summed E-state index contributed by atoms with van der Waals surface area (Å²) < 4.78 is 17.9. The highest BCUT2D eigenvalue weighted by atomic mass is 35.5. The molecular formula is C17H25ClN2O4S. The third kappa shape index (κ3) is 4.96. The number of ether oxygens (including phenoxy) is 3. The number of hydrogen-bond donors (Lipinski definition) is 1. The minimum absolute atomic E-state index is 0. The van der Waals surface area contributed by atoms with E-state index in [-0.39, 0.29) is 18.4 Å². The molecule has 1 aromatic carbocycles. The third-order valence-corrected chi connectivity index (χ3v) is 4.60. The maximum absolute atomic E-state index is 11.9. The van der Waals surface area contributed by atoms with E-state index in [0.29, 0.717) is 23.9 Å². The van der Waals surface area contributed by atoms with Gasteiger partial charge >= 0.3 is 5.97 Å². The van der Waals surface area contributed by atoms with E-state index in [0.717, 1.165) is 35.2 Å². The quantitative estimate of drug-likeness (QED) is 0.404. The highest BCUT2D eigenvalue weighted by Gasteiger charge is 2.19. The fraction of sp³-hybridized carbons (Fsp3) is 0.471. The molecule has 0 saturated carbocycles. The van der Waals surface area contributed by atoms with Gasteiger partial charge in [0.2, 0.25) is 0 Å². The Bertz CT molecular complexity index is 706. The van der Waals surface area contributed by atoms with Crippen LogP contribution in [0, 0.1) is 0 Å². The van der Waals surface area contributed by atoms with Crippen molar-refractivity contribution in [3.8, 4) is 11.5 Å². The smallest absolute Gasteiger partial charge is 0.354 e. The molecule has 0 amide bonds. The molecule has 0 saturated heterocycles. The van der Waals surface area contributed by atoms with Gasteiger partial charge in [0.15, 0.2) is 0 Å². The highest BCUT2D eigenvalue weighted by molar-refractivity contribution is 7.99. The van der Waals surface area contributed by atoms with E-state index in [9.17, 15) is 4.79 Å². The Kier molecular flexibility index (Phi) is 8.96. The summed E-state index contributed by atoms with van der Waals surface area (Å²) >= 11 is 1.72. The Morgan fingerprint density at radius 1 is 1.24 bits per heavy atom. The molecule has 8 heteroatoms. The summed E-state index contributed by atoms with van der Waals surface area (Å²) in [5, 5.41) is 0.841. The standard InChI is InChI=1S/C17H24N2O4S.ClH/c1-19-13(17(20)22-3)10-12-14(6-7-15(21-2)16(12)19)23-8-4-5-9-24-11-18;/h6-7,10H,4-5,8-9,11,18H2,1-3H3;1H. The second kappa shape index (κ2) is 10.4. The third-order valence-electron chi connectivity index (χ3n) is 3.79. The van der Waals surface area contributed by atoms with Crippen molar-refractivity contribution in [2.24, 2.45) is 12.8 Å². The van der Waals surface area contributed by atoms with Gasteiger partial charge in [0.05, 0.1) is 26.3 Å². The summed E-state index contributed by atoms with van der Waals surface area (Å²) in [5.74, 6) is 2.73. The van der Waals surface area contributed by atoms with Gasteiger partial charge in [0, 0.05) is 18.3 Å². The molecule has 6 nitrogen and oxygen atoms in total. The topological polar surface area (TPSA) is 75.7 Å². The Balaban J connectivity index is 0.00000312. The van der Waals surface area contributed by atoms with E-state index in [1.165, 1.54) is 7.11 Å². The number of aromatic nitrogens is 1. The molecular weight excluding hydrogens is 364 g/mol. The van der Waals surface area contributed by atoms with E-state index in [1.807, 2.05) is 19.2 Å². The Labute approximate surface area is 158 Å². The lowest BCUT2D eigenvalue weighted by molar-refractivity contribution is 0.0590. The summed E-state index contributed by atoms with van der Waals surface area (Å²) in [6.07, 6.45) is 2.01. The van der Waals surface area contributed by atoms with Crippen LogP contribution in [0.5, 0.6) is 11.5 Å². The molecule has 1 aromatic heterocycles. The zero-order valence-corrected chi connectivity index (χ0v) is 16.4. The Morgan fingerprint density at radius 3 is 2.60 bits per heavy atom. The fourth-order valence-corrected chi connectivity index (χ4v) is 3.15. The number of hydrogen-bond acceptors (Lipinski definition) is 6. The molecule has 0 spiro atoms. The molecule has 0 unspecified atom stereocenters. The van der Waals surface area contributed by atoms with Crippen LogP contribution in [0.4, 0.5) is 0 Å². The molecule has 1 heterocycles. The van der Waals surface area contributed by atoms with Gasteiger partial charge < -0.3 is 24.5 Å². The second-order valence-corrected chi connectivity index (χ2v) is 6.39. The van der Waals surface area contributed by atoms with Crippen LogP contribution in [0.2, 0.25) is 0 Å². The number of carbonyl (C=O) groups is 1. The van der Waals surface area contributed by atoms with Gasteiger partial charge in [-0.3, -0.25) is 0 Å². The van der Waals surface area contributed by atoms with Crippen LogP contribution >= 0.6 is 24.2 Å². The van der Waals surface area contributed by atoms with Gasteiger partial charge in [-0.2, -0.15) is 0 Å². The number of thioether (sulfide) groups is 1. The first-order chi connectivity index (χ1) is 11.6. The van der Waals surface area contributed by atoms with Crippen LogP contribution in [0.1, 0.15) is 23.3 Å². The first kappa shape index (κ1) is 21.5. The van der Waals surface area contributed by atoms with Crippen molar-refractivity contribution in [2.45, 2.75) is 12.8 Å². The van der Waals surface area contributed by atoms with Crippen molar-refractivity contribution < 1.29 is 19.0 Å². The molecule has 0 bridgehead atoms. The molecule has 25 heavy (non-hydrogen) atoms. The normalized spacial score (nSPS) is 10.4. The minimum Gasteiger partial charge on any atom is -0.495 e. The van der Waals surface area contributed by atoms with E-state index in [2.05, 4.69) is 0 Å². The van der Waals surface area contributed by atoms with Crippen LogP contribution in [0.3, 0.4) is 0 Å². The zero-order valence-electron chi connectivity index (χ0n) is 14.7. The molecule has 2 N–H and O–H groups in total. The molecule has 0 aliphatic heterocycles. The molecule has 0 atom stereocenters. The number of rotatable bonds is 9. The number of fused-ring (bicyclic) bond motifs is 1. The molecule has 2 aromatic rings. The molecule has 0 fully saturated rings. The highest BCUT2D eigenvalue weighted by Crippen LogP contribution is 2.35. The molecule has 140 valence electrons. The van der Waals surface area contributed by atoms with Crippen molar-refractivity contribution in [1.82, 2.24) is 4.57 Å². The largest absolute Gasteiger partial charge is 0.495 e. The predicted molar refractivity (Wildman–Crippen MR) is 104 cm³/mol. The van der Waals surface area contributed by atoms with Gasteiger partial charge in [-0.1, -0.05) is 0 Å². The number of esters is 1. The molecule has 0 aliphatic carbocycles. The van der Waals surface area contributed by atoms with Crippen LogP contribution in [-0.4, -0.2) is 43.0 Å². The first-order valence-corrected chi connectivity index (χ1v) is 8.94. The lowest BCUT2D eigenvalue weighted by atomic mass is 10.2. The summed E-state index contributed by atoms with van der Waals surface area (Å²) in [6, 6.07) is 5.50. The molecule has 2 rings (SSSR count). The van der Waals surface area contributed by atoms with Crippen molar-refractivity contribution in [2.75, 3.05) is 32.5 Å². The van der Waals surface area contributed by atoms with Crippen molar-refractivity contribution >= 4 is 41.0 Å². The number of halogens is 1. The lowest BCUT2D eigenvalue weighted by Crippen LogP contribution is -2.07. The number of methoxy groups -OCH3 is 2. The number of unbranched alkanes of at least 4 members (excludes halogenated alkanes) is 1. The van der Waals surface area contributed by atoms with Gasteiger partial charge in [-0.05, 0) is 36.8 Å². The van der Waals surface area contributed by atoms with E-state index < -0.39 is 0 Å². The lowest BCUT2D eigenvalue weighted by Gasteiger charge is -2.11. The summed E-state index contributed by atoms with van der Waals surface area (Å²) in [4.78, 5) is 11.9. The minimum atomic E-state index is -0.388. The summed E-state index contributed by atoms with van der Waals surface area (Å²) in [7, 11) is 4.79. The fourth-order valence-electron chi connectivity index (χ4n) is 2.57. The van der Waals surface area contributed by atoms with Crippen LogP contribution in [0.15, 0.2) is 18.2 Å². The Hall–Kier alpha value is -1.57. The molecule has 0 radical (unpaired) electrons. The monoisotopic (exact) mass is 388 g/mol. The maximum atomic E-state index is 11.9. The maximum Gasteiger partial charge on any atom is 0.354 e. The van der Waals surface area contributed by atoms with Crippen molar-refractivity contribution in [3.63, 3.8) is 0 Å². The van der Waals surface area contributed by atoms with E-state index in [1.54, 1.807) is 29.5 Å². The van der Waals surface area contributed by atoms with Crippen LogP contribution in [0.25, 0.3) is 10.9 Å². The summed E-state index contributed by atoms with van der Waals surface area (Å²) in [6.45, 7) is 0.620. The Morgan fingerprint density at radius 2 is 1.96 bits per heavy atom. The van der Waals surface area contributed by atoms with E-state index in [4.69, 9.17) is 19.9 Å². The number of carbonyl (C=O) groups excluding carboxylic acids is 1. The van der Waals surface area contributed by atoms with E-state index >= 15 is 0 Å². The first-order valence-electron chi connectivity index (χ1n) is 7.79.